The van der Waals surface area contributed by atoms with Crippen LogP contribution in [-0.4, -0.2) is 96.4 Å². The number of aromatic nitrogens is 4. The van der Waals surface area contributed by atoms with Crippen LogP contribution in [0.15, 0.2) is 204 Å². The maximum Gasteiger partial charge on any atom is 0.328 e. The zero-order valence-electron chi connectivity index (χ0n) is 47.5. The molecule has 0 saturated carbocycles. The standard InChI is InChI=1S/C35H29F2N3O3.C27H24F2N2O2.C8H7NO2/c36-35(37)13-17-40(18-14-35)34(42)26-8-6-25(7-9-26)28-19-29-20-31(12-11-30(41)10-5-24-3-1-15-38-22-24)43-33(29)32(21-28)27-4-2-16-39-23-27;1-2-23-15-22-14-21(16-24(25(22)33-23)20-4-3-11-30-17-20)18-5-7-19(8-6-18)26(32)31-12-9-27(28,29)10-13-31;10-8(11)4-3-7-2-1-5-9-6-7/h1-10,15-16,19-23H,11-14,17-18H2;3-8,11,14-17H,2,9-10,12-13H2,1H3;1-6H,(H,10,11)/b10-5+;;4-3+. The molecule has 8 heterocycles. The number of nitrogens with zero attached hydrogens (tertiary/aromatic N) is 6. The Morgan fingerprint density at radius 2 is 0.920 bits per heavy atom. The van der Waals surface area contributed by atoms with Crippen LogP contribution in [0.2, 0.25) is 0 Å². The molecule has 1 N–H and O–H groups in total. The molecular formula is C70H60F4N6O7. The summed E-state index contributed by atoms with van der Waals surface area (Å²) in [6, 6.07) is 41.8. The number of amides is 2. The van der Waals surface area contributed by atoms with Crippen molar-refractivity contribution in [2.75, 3.05) is 26.2 Å². The summed E-state index contributed by atoms with van der Waals surface area (Å²) in [5.41, 5.74) is 11.6. The van der Waals surface area contributed by atoms with Crippen molar-refractivity contribution in [2.45, 2.75) is 63.7 Å². The van der Waals surface area contributed by atoms with Gasteiger partial charge >= 0.3 is 5.97 Å². The molecule has 0 spiro atoms. The number of carbonyl (C=O) groups excluding carboxylic acids is 3. The number of likely N-dealkylation sites (tertiary alicyclic amines) is 2. The predicted molar refractivity (Wildman–Crippen MR) is 327 cm³/mol. The van der Waals surface area contributed by atoms with Crippen LogP contribution in [0.3, 0.4) is 0 Å². The number of aliphatic carboxylic acids is 1. The molecule has 0 unspecified atom stereocenters. The van der Waals surface area contributed by atoms with Crippen LogP contribution in [0.1, 0.15) is 82.4 Å². The highest BCUT2D eigenvalue weighted by molar-refractivity contribution is 6.00. The van der Waals surface area contributed by atoms with Gasteiger partial charge in [-0.2, -0.15) is 0 Å². The quantitative estimate of drug-likeness (QED) is 0.0811. The normalized spacial score (nSPS) is 14.5. The molecule has 2 aliphatic rings. The zero-order chi connectivity index (χ0) is 60.9. The second-order valence-corrected chi connectivity index (χ2v) is 21.1. The number of hydrogen-bond donors (Lipinski definition) is 1. The van der Waals surface area contributed by atoms with Crippen LogP contribution in [0.25, 0.3) is 78.6 Å². The Morgan fingerprint density at radius 3 is 1.32 bits per heavy atom. The van der Waals surface area contributed by atoms with E-state index in [0.29, 0.717) is 35.3 Å². The number of carboxylic acid groups (broad SMARTS) is 1. The lowest BCUT2D eigenvalue weighted by Gasteiger charge is -2.31. The van der Waals surface area contributed by atoms with E-state index in [9.17, 15) is 36.7 Å². The van der Waals surface area contributed by atoms with Crippen molar-refractivity contribution in [3.63, 3.8) is 0 Å². The highest BCUT2D eigenvalue weighted by Gasteiger charge is 2.37. The number of alkyl halides is 4. The Kier molecular flexibility index (Phi) is 18.8. The number of rotatable bonds is 14. The molecular weight excluding hydrogens is 1110 g/mol. The SMILES string of the molecule is CCc1cc2cc(-c3ccc(C(=O)N4CCC(F)(F)CC4)cc3)cc(-c3cccnc3)c2o1.O=C(/C=C/c1cccnc1)CCc1cc2cc(-c3ccc(C(=O)N4CCC(F)(F)CC4)cc3)cc(-c3cccnc3)c2o1.O=C(O)/C=C/c1cccnc1. The van der Waals surface area contributed by atoms with E-state index in [1.165, 1.54) is 15.9 Å². The first-order chi connectivity index (χ1) is 42.1. The summed E-state index contributed by atoms with van der Waals surface area (Å²) in [7, 11) is 0. The summed E-state index contributed by atoms with van der Waals surface area (Å²) in [6.07, 6.45) is 19.9. The summed E-state index contributed by atoms with van der Waals surface area (Å²) in [5, 5.41) is 10.2. The number of piperidine rings is 2. The van der Waals surface area contributed by atoms with E-state index in [1.807, 2.05) is 85.1 Å². The number of pyridine rings is 4. The molecule has 0 bridgehead atoms. The summed E-state index contributed by atoms with van der Waals surface area (Å²) < 4.78 is 66.3. The van der Waals surface area contributed by atoms with Crippen LogP contribution in [0.4, 0.5) is 17.6 Å². The smallest absolute Gasteiger partial charge is 0.328 e. The Balaban J connectivity index is 0.000000168. The number of benzene rings is 4. The fourth-order valence-corrected chi connectivity index (χ4v) is 10.2. The van der Waals surface area contributed by atoms with E-state index in [4.69, 9.17) is 13.9 Å². The third-order valence-electron chi connectivity index (χ3n) is 15.0. The van der Waals surface area contributed by atoms with Gasteiger partial charge in [0, 0.05) is 171 Å². The van der Waals surface area contributed by atoms with Gasteiger partial charge in [0.2, 0.25) is 0 Å². The summed E-state index contributed by atoms with van der Waals surface area (Å²) in [6.45, 7) is 2.32. The zero-order valence-corrected chi connectivity index (χ0v) is 47.5. The lowest BCUT2D eigenvalue weighted by molar-refractivity contribution is -0.131. The van der Waals surface area contributed by atoms with Crippen molar-refractivity contribution >= 4 is 57.7 Å². The second-order valence-electron chi connectivity index (χ2n) is 21.1. The van der Waals surface area contributed by atoms with E-state index in [2.05, 4.69) is 45.1 Å². The Morgan fingerprint density at radius 1 is 0.506 bits per heavy atom. The van der Waals surface area contributed by atoms with Gasteiger partial charge < -0.3 is 23.7 Å². The molecule has 2 aliphatic heterocycles. The molecule has 6 aromatic heterocycles. The van der Waals surface area contributed by atoms with E-state index in [0.717, 1.165) is 90.2 Å². The number of ketones is 1. The van der Waals surface area contributed by atoms with Gasteiger partial charge in [-0.05, 0) is 137 Å². The van der Waals surface area contributed by atoms with E-state index in [-0.39, 0.29) is 69.5 Å². The van der Waals surface area contributed by atoms with Gasteiger partial charge in [0.25, 0.3) is 23.7 Å². The third-order valence-corrected chi connectivity index (χ3v) is 15.0. The monoisotopic (exact) mass is 1170 g/mol. The topological polar surface area (TPSA) is 173 Å². The number of furan rings is 2. The molecule has 10 aromatic rings. The number of carboxylic acids is 1. The molecule has 87 heavy (non-hydrogen) atoms. The van der Waals surface area contributed by atoms with Gasteiger partial charge in [-0.3, -0.25) is 34.3 Å². The number of fused-ring (bicyclic) bond motifs is 2. The molecule has 2 saturated heterocycles. The maximum absolute atomic E-state index is 13.6. The molecule has 0 radical (unpaired) electrons. The van der Waals surface area contributed by atoms with E-state index >= 15 is 0 Å². The minimum atomic E-state index is -2.70. The lowest BCUT2D eigenvalue weighted by Crippen LogP contribution is -2.42. The van der Waals surface area contributed by atoms with Gasteiger partial charge in [0.1, 0.15) is 22.7 Å². The first kappa shape index (κ1) is 60.0. The third kappa shape index (κ3) is 15.6. The lowest BCUT2D eigenvalue weighted by atomic mass is 9.96. The van der Waals surface area contributed by atoms with Crippen molar-refractivity contribution < 1.29 is 50.7 Å². The van der Waals surface area contributed by atoms with Gasteiger partial charge in [-0.15, -0.1) is 0 Å². The van der Waals surface area contributed by atoms with Crippen molar-refractivity contribution in [2.24, 2.45) is 0 Å². The Hall–Kier alpha value is -10.2. The van der Waals surface area contributed by atoms with Crippen LogP contribution in [0.5, 0.6) is 0 Å². The number of halogens is 4. The minimum Gasteiger partial charge on any atom is -0.478 e. The van der Waals surface area contributed by atoms with Gasteiger partial charge in [-0.1, -0.05) is 55.5 Å². The van der Waals surface area contributed by atoms with E-state index < -0.39 is 17.8 Å². The fraction of sp³-hybridized carbons (Fsp3) is 0.200. The van der Waals surface area contributed by atoms with Crippen molar-refractivity contribution in [3.8, 4) is 44.5 Å². The fourth-order valence-electron chi connectivity index (χ4n) is 10.2. The number of aryl methyl sites for hydroxylation is 2. The van der Waals surface area contributed by atoms with Crippen LogP contribution in [0, 0.1) is 0 Å². The van der Waals surface area contributed by atoms with Crippen molar-refractivity contribution in [1.82, 2.24) is 29.7 Å². The van der Waals surface area contributed by atoms with Gasteiger partial charge in [-0.25, -0.2) is 22.4 Å². The average Bonchev–Trinajstić information content (AvgIpc) is 2.89. The number of hydrogen-bond acceptors (Lipinski definition) is 10. The van der Waals surface area contributed by atoms with Crippen molar-refractivity contribution in [1.29, 1.82) is 0 Å². The van der Waals surface area contributed by atoms with Gasteiger partial charge in [0.15, 0.2) is 5.78 Å². The highest BCUT2D eigenvalue weighted by Crippen LogP contribution is 2.39. The first-order valence-electron chi connectivity index (χ1n) is 28.5. The summed E-state index contributed by atoms with van der Waals surface area (Å²) >= 11 is 0. The largest absolute Gasteiger partial charge is 0.478 e. The predicted octanol–water partition coefficient (Wildman–Crippen LogP) is 15.4. The molecule has 4 aromatic carbocycles. The first-order valence-corrected chi connectivity index (χ1v) is 28.5. The molecule has 0 atom stereocenters. The average molecular weight is 1170 g/mol. The van der Waals surface area contributed by atoms with Crippen LogP contribution >= 0.6 is 0 Å². The molecule has 12 rings (SSSR count). The molecule has 2 fully saturated rings. The van der Waals surface area contributed by atoms with Gasteiger partial charge in [0.05, 0.1) is 0 Å². The maximum atomic E-state index is 13.6. The Labute approximate surface area is 499 Å². The number of carbonyl (C=O) groups is 4. The van der Waals surface area contributed by atoms with Crippen LogP contribution in [-0.2, 0) is 22.4 Å². The second kappa shape index (κ2) is 27.3. The number of allylic oxidation sites excluding steroid dienone is 1. The van der Waals surface area contributed by atoms with E-state index in [1.54, 1.807) is 91.9 Å². The molecule has 2 amide bonds. The highest BCUT2D eigenvalue weighted by atomic mass is 19.3. The summed E-state index contributed by atoms with van der Waals surface area (Å²) in [5.74, 6) is -5.15. The summed E-state index contributed by atoms with van der Waals surface area (Å²) in [4.78, 5) is 67.7. The molecule has 440 valence electrons. The van der Waals surface area contributed by atoms with Crippen molar-refractivity contribution in [3.05, 3.63) is 229 Å². The molecule has 17 heteroatoms. The Bertz CT molecular complexity index is 4060. The molecule has 13 nitrogen and oxygen atoms in total. The van der Waals surface area contributed by atoms with Crippen LogP contribution < -0.4 is 0 Å². The minimum absolute atomic E-state index is 0.00890. The molecule has 0 aliphatic carbocycles.